The van der Waals surface area contributed by atoms with Gasteiger partial charge in [-0.3, -0.25) is 4.79 Å². The Balaban J connectivity index is 2.26. The first-order valence-corrected chi connectivity index (χ1v) is 6.11. The van der Waals surface area contributed by atoms with Crippen LogP contribution in [0.15, 0.2) is 24.3 Å². The molecule has 0 heterocycles. The van der Waals surface area contributed by atoms with Gasteiger partial charge in [-0.15, -0.1) is 0 Å². The zero-order valence-electron chi connectivity index (χ0n) is 11.1. The van der Waals surface area contributed by atoms with E-state index >= 15 is 0 Å². The SMILES string of the molecule is CC(C)CC(=O)OCCOc1ccc(C(=O)O)cc1. The normalized spacial score (nSPS) is 10.3. The molecule has 0 aromatic heterocycles. The molecule has 0 saturated carbocycles. The number of esters is 1. The molecule has 0 aliphatic rings. The average Bonchev–Trinajstić information content (AvgIpc) is 2.34. The van der Waals surface area contributed by atoms with Crippen molar-refractivity contribution in [1.29, 1.82) is 0 Å². The predicted octanol–water partition coefficient (Wildman–Crippen LogP) is 2.35. The van der Waals surface area contributed by atoms with E-state index in [1.165, 1.54) is 12.1 Å². The van der Waals surface area contributed by atoms with Crippen molar-refractivity contribution >= 4 is 11.9 Å². The van der Waals surface area contributed by atoms with Crippen molar-refractivity contribution < 1.29 is 24.2 Å². The predicted molar refractivity (Wildman–Crippen MR) is 69.3 cm³/mol. The van der Waals surface area contributed by atoms with E-state index in [2.05, 4.69) is 0 Å². The maximum absolute atomic E-state index is 11.2. The summed E-state index contributed by atoms with van der Waals surface area (Å²) in [6.45, 7) is 4.33. The van der Waals surface area contributed by atoms with Crippen molar-refractivity contribution in [1.82, 2.24) is 0 Å². The largest absolute Gasteiger partial charge is 0.490 e. The Labute approximate surface area is 112 Å². The van der Waals surface area contributed by atoms with Crippen LogP contribution in [0.3, 0.4) is 0 Å². The molecule has 19 heavy (non-hydrogen) atoms. The fourth-order valence-corrected chi connectivity index (χ4v) is 1.40. The zero-order valence-corrected chi connectivity index (χ0v) is 11.1. The van der Waals surface area contributed by atoms with Crippen LogP contribution in [0.5, 0.6) is 5.75 Å². The van der Waals surface area contributed by atoms with Gasteiger partial charge in [-0.2, -0.15) is 0 Å². The highest BCUT2D eigenvalue weighted by Crippen LogP contribution is 2.12. The van der Waals surface area contributed by atoms with Crippen LogP contribution in [0, 0.1) is 5.92 Å². The van der Waals surface area contributed by atoms with Crippen molar-refractivity contribution in [3.8, 4) is 5.75 Å². The summed E-state index contributed by atoms with van der Waals surface area (Å²) in [5.74, 6) is -0.393. The van der Waals surface area contributed by atoms with Gasteiger partial charge in [0, 0.05) is 6.42 Å². The summed E-state index contributed by atoms with van der Waals surface area (Å²) in [5.41, 5.74) is 0.204. The molecular formula is C14H18O5. The van der Waals surface area contributed by atoms with Gasteiger partial charge in [0.15, 0.2) is 0 Å². The number of carboxylic acid groups (broad SMARTS) is 1. The van der Waals surface area contributed by atoms with Crippen LogP contribution >= 0.6 is 0 Å². The van der Waals surface area contributed by atoms with E-state index in [1.54, 1.807) is 12.1 Å². The van der Waals surface area contributed by atoms with E-state index in [9.17, 15) is 9.59 Å². The van der Waals surface area contributed by atoms with Gasteiger partial charge in [-0.25, -0.2) is 4.79 Å². The summed E-state index contributed by atoms with van der Waals surface area (Å²) < 4.78 is 10.3. The first-order valence-electron chi connectivity index (χ1n) is 6.11. The molecule has 0 atom stereocenters. The number of benzene rings is 1. The second-order valence-corrected chi connectivity index (χ2v) is 4.50. The molecule has 0 saturated heterocycles. The van der Waals surface area contributed by atoms with E-state index in [4.69, 9.17) is 14.6 Å². The third kappa shape index (κ3) is 5.90. The Morgan fingerprint density at radius 3 is 2.32 bits per heavy atom. The van der Waals surface area contributed by atoms with E-state index in [-0.39, 0.29) is 30.7 Å². The molecule has 0 aliphatic heterocycles. The van der Waals surface area contributed by atoms with E-state index in [0.29, 0.717) is 12.2 Å². The second kappa shape index (κ2) is 7.41. The highest BCUT2D eigenvalue weighted by atomic mass is 16.6. The minimum atomic E-state index is -0.978. The Hall–Kier alpha value is -2.04. The minimum Gasteiger partial charge on any atom is -0.490 e. The quantitative estimate of drug-likeness (QED) is 0.605. The van der Waals surface area contributed by atoms with Crippen molar-refractivity contribution in [3.05, 3.63) is 29.8 Å². The minimum absolute atomic E-state index is 0.187. The van der Waals surface area contributed by atoms with E-state index < -0.39 is 5.97 Å². The van der Waals surface area contributed by atoms with Crippen molar-refractivity contribution in [2.75, 3.05) is 13.2 Å². The first kappa shape index (κ1) is 15.0. The van der Waals surface area contributed by atoms with Crippen molar-refractivity contribution in [2.24, 2.45) is 5.92 Å². The van der Waals surface area contributed by atoms with Gasteiger partial charge in [-0.05, 0) is 30.2 Å². The Morgan fingerprint density at radius 1 is 1.16 bits per heavy atom. The number of aromatic carboxylic acids is 1. The summed E-state index contributed by atoms with van der Waals surface area (Å²) in [4.78, 5) is 21.9. The summed E-state index contributed by atoms with van der Waals surface area (Å²) in [7, 11) is 0. The average molecular weight is 266 g/mol. The molecule has 0 fully saturated rings. The smallest absolute Gasteiger partial charge is 0.335 e. The number of carboxylic acids is 1. The number of ether oxygens (including phenoxy) is 2. The van der Waals surface area contributed by atoms with Crippen LogP contribution in [0.1, 0.15) is 30.6 Å². The molecule has 0 bridgehead atoms. The molecule has 5 nitrogen and oxygen atoms in total. The standard InChI is InChI=1S/C14H18O5/c1-10(2)9-13(15)19-8-7-18-12-5-3-11(4-6-12)14(16)17/h3-6,10H,7-9H2,1-2H3,(H,16,17). The zero-order chi connectivity index (χ0) is 14.3. The fourth-order valence-electron chi connectivity index (χ4n) is 1.40. The lowest BCUT2D eigenvalue weighted by Crippen LogP contribution is -2.13. The summed E-state index contributed by atoms with van der Waals surface area (Å²) in [6, 6.07) is 6.06. The van der Waals surface area contributed by atoms with Crippen molar-refractivity contribution in [3.63, 3.8) is 0 Å². The number of carbonyl (C=O) groups excluding carboxylic acids is 1. The highest BCUT2D eigenvalue weighted by Gasteiger charge is 2.06. The number of hydrogen-bond acceptors (Lipinski definition) is 4. The number of rotatable bonds is 7. The van der Waals surface area contributed by atoms with Crippen LogP contribution in [-0.2, 0) is 9.53 Å². The van der Waals surface area contributed by atoms with Crippen LogP contribution in [0.25, 0.3) is 0 Å². The van der Waals surface area contributed by atoms with Crippen LogP contribution in [0.2, 0.25) is 0 Å². The molecule has 1 N–H and O–H groups in total. The second-order valence-electron chi connectivity index (χ2n) is 4.50. The summed E-state index contributed by atoms with van der Waals surface area (Å²) in [6.07, 6.45) is 0.396. The molecule has 104 valence electrons. The summed E-state index contributed by atoms with van der Waals surface area (Å²) in [5, 5.41) is 8.72. The van der Waals surface area contributed by atoms with E-state index in [1.807, 2.05) is 13.8 Å². The summed E-state index contributed by atoms with van der Waals surface area (Å²) >= 11 is 0. The molecule has 0 radical (unpaired) electrons. The van der Waals surface area contributed by atoms with Gasteiger partial charge >= 0.3 is 11.9 Å². The first-order chi connectivity index (χ1) is 8.99. The Morgan fingerprint density at radius 2 is 1.79 bits per heavy atom. The topological polar surface area (TPSA) is 72.8 Å². The maximum atomic E-state index is 11.2. The number of hydrogen-bond donors (Lipinski definition) is 1. The molecule has 0 aliphatic carbocycles. The lowest BCUT2D eigenvalue weighted by atomic mass is 10.1. The van der Waals surface area contributed by atoms with Gasteiger partial charge in [0.25, 0.3) is 0 Å². The molecular weight excluding hydrogens is 248 g/mol. The molecule has 1 rings (SSSR count). The Kier molecular flexibility index (Phi) is 5.85. The van der Waals surface area contributed by atoms with Gasteiger partial charge in [0.2, 0.25) is 0 Å². The molecule has 0 amide bonds. The van der Waals surface area contributed by atoms with Crippen molar-refractivity contribution in [2.45, 2.75) is 20.3 Å². The molecule has 0 unspecified atom stereocenters. The monoisotopic (exact) mass is 266 g/mol. The van der Waals surface area contributed by atoms with Gasteiger partial charge < -0.3 is 14.6 Å². The fraction of sp³-hybridized carbons (Fsp3) is 0.429. The molecule has 5 heteroatoms. The third-order valence-corrected chi connectivity index (χ3v) is 2.29. The van der Waals surface area contributed by atoms with Gasteiger partial charge in [-0.1, -0.05) is 13.8 Å². The molecule has 1 aromatic carbocycles. The lowest BCUT2D eigenvalue weighted by Gasteiger charge is -2.08. The third-order valence-electron chi connectivity index (χ3n) is 2.29. The maximum Gasteiger partial charge on any atom is 0.335 e. The highest BCUT2D eigenvalue weighted by molar-refractivity contribution is 5.87. The molecule has 0 spiro atoms. The Bertz CT molecular complexity index is 422. The van der Waals surface area contributed by atoms with Gasteiger partial charge in [0.05, 0.1) is 5.56 Å². The van der Waals surface area contributed by atoms with Crippen LogP contribution in [-0.4, -0.2) is 30.3 Å². The number of carbonyl (C=O) groups is 2. The lowest BCUT2D eigenvalue weighted by molar-refractivity contribution is -0.145. The van der Waals surface area contributed by atoms with E-state index in [0.717, 1.165) is 0 Å². The van der Waals surface area contributed by atoms with Gasteiger partial charge in [0.1, 0.15) is 19.0 Å². The van der Waals surface area contributed by atoms with Crippen LogP contribution in [0.4, 0.5) is 0 Å². The molecule has 1 aromatic rings. The van der Waals surface area contributed by atoms with Crippen LogP contribution < -0.4 is 4.74 Å².